The van der Waals surface area contributed by atoms with E-state index >= 15 is 0 Å². The van der Waals surface area contributed by atoms with E-state index in [9.17, 15) is 13.2 Å². The number of hydrogen-bond donors (Lipinski definition) is 1. The summed E-state index contributed by atoms with van der Waals surface area (Å²) in [6.45, 7) is 1.42. The smallest absolute Gasteiger partial charge is 0.260 e. The summed E-state index contributed by atoms with van der Waals surface area (Å²) in [4.78, 5) is 12.2. The molecule has 10 heteroatoms. The Kier molecular flexibility index (Phi) is 5.76. The number of hydrazone groups is 1. The van der Waals surface area contributed by atoms with Gasteiger partial charge < -0.3 is 9.47 Å². The number of ether oxygens (including phenoxy) is 2. The summed E-state index contributed by atoms with van der Waals surface area (Å²) in [7, 11) is -3.70. The van der Waals surface area contributed by atoms with E-state index in [1.54, 1.807) is 43.3 Å². The van der Waals surface area contributed by atoms with Gasteiger partial charge >= 0.3 is 0 Å². The van der Waals surface area contributed by atoms with Gasteiger partial charge in [-0.05, 0) is 48.4 Å². The van der Waals surface area contributed by atoms with Crippen LogP contribution in [0.1, 0.15) is 11.1 Å². The normalized spacial score (nSPS) is 13.0. The molecule has 2 aromatic carbocycles. The molecule has 0 radical (unpaired) electrons. The summed E-state index contributed by atoms with van der Waals surface area (Å²) in [5.74, 6) is 0.638. The SMILES string of the molecule is Cc1c(Cl)cccc1N(CC(=O)N/N=C\c1ccc2c(c1)OCO2)S(C)(=O)=O. The van der Waals surface area contributed by atoms with Crippen LogP contribution in [-0.4, -0.2) is 40.1 Å². The Balaban J connectivity index is 1.70. The van der Waals surface area contributed by atoms with Crippen LogP contribution in [0.5, 0.6) is 11.5 Å². The van der Waals surface area contributed by atoms with E-state index in [2.05, 4.69) is 10.5 Å². The van der Waals surface area contributed by atoms with Crippen molar-refractivity contribution in [2.75, 3.05) is 23.9 Å². The fourth-order valence-corrected chi connectivity index (χ4v) is 3.66. The summed E-state index contributed by atoms with van der Waals surface area (Å²) in [6.07, 6.45) is 2.45. The lowest BCUT2D eigenvalue weighted by atomic mass is 10.2. The summed E-state index contributed by atoms with van der Waals surface area (Å²) in [5, 5.41) is 4.28. The van der Waals surface area contributed by atoms with Gasteiger partial charge in [-0.25, -0.2) is 13.8 Å². The zero-order chi connectivity index (χ0) is 20.3. The van der Waals surface area contributed by atoms with Crippen LogP contribution in [0.4, 0.5) is 5.69 Å². The predicted molar refractivity (Wildman–Crippen MR) is 107 cm³/mol. The van der Waals surface area contributed by atoms with Gasteiger partial charge in [0.15, 0.2) is 11.5 Å². The molecule has 1 heterocycles. The Morgan fingerprint density at radius 1 is 1.29 bits per heavy atom. The molecule has 1 aliphatic rings. The minimum atomic E-state index is -3.70. The summed E-state index contributed by atoms with van der Waals surface area (Å²) >= 11 is 6.07. The number of fused-ring (bicyclic) bond motifs is 1. The third-order valence-electron chi connectivity index (χ3n) is 3.99. The van der Waals surface area contributed by atoms with Crippen molar-refractivity contribution in [2.45, 2.75) is 6.92 Å². The molecule has 1 N–H and O–H groups in total. The van der Waals surface area contributed by atoms with Crippen LogP contribution in [0.2, 0.25) is 5.02 Å². The number of hydrogen-bond acceptors (Lipinski definition) is 6. The second-order valence-corrected chi connectivity index (χ2v) is 8.37. The van der Waals surface area contributed by atoms with E-state index in [0.717, 1.165) is 10.6 Å². The number of carbonyl (C=O) groups is 1. The third kappa shape index (κ3) is 4.55. The van der Waals surface area contributed by atoms with Crippen LogP contribution in [0, 0.1) is 6.92 Å². The third-order valence-corrected chi connectivity index (χ3v) is 5.53. The van der Waals surface area contributed by atoms with E-state index in [0.29, 0.717) is 33.3 Å². The minimum Gasteiger partial charge on any atom is -0.454 e. The van der Waals surface area contributed by atoms with Crippen molar-refractivity contribution >= 4 is 39.4 Å². The highest BCUT2D eigenvalue weighted by Gasteiger charge is 2.23. The first-order valence-electron chi connectivity index (χ1n) is 8.20. The molecule has 0 atom stereocenters. The van der Waals surface area contributed by atoms with E-state index in [1.165, 1.54) is 6.21 Å². The van der Waals surface area contributed by atoms with Crippen molar-refractivity contribution in [1.29, 1.82) is 0 Å². The van der Waals surface area contributed by atoms with Crippen molar-refractivity contribution in [3.05, 3.63) is 52.5 Å². The minimum absolute atomic E-state index is 0.164. The fraction of sp³-hybridized carbons (Fsp3) is 0.222. The lowest BCUT2D eigenvalue weighted by Gasteiger charge is -2.23. The van der Waals surface area contributed by atoms with Crippen molar-refractivity contribution < 1.29 is 22.7 Å². The molecule has 0 aromatic heterocycles. The van der Waals surface area contributed by atoms with Crippen molar-refractivity contribution in [3.63, 3.8) is 0 Å². The van der Waals surface area contributed by atoms with Gasteiger partial charge in [0.25, 0.3) is 5.91 Å². The highest BCUT2D eigenvalue weighted by atomic mass is 35.5. The average Bonchev–Trinajstić information content (AvgIpc) is 3.09. The number of benzene rings is 2. The summed E-state index contributed by atoms with van der Waals surface area (Å²) < 4.78 is 35.8. The summed E-state index contributed by atoms with van der Waals surface area (Å²) in [5.41, 5.74) is 3.91. The molecule has 2 aromatic rings. The van der Waals surface area contributed by atoms with Gasteiger partial charge in [0.2, 0.25) is 16.8 Å². The maximum absolute atomic E-state index is 12.2. The zero-order valence-corrected chi connectivity index (χ0v) is 16.7. The van der Waals surface area contributed by atoms with Gasteiger partial charge in [-0.1, -0.05) is 17.7 Å². The molecule has 0 saturated heterocycles. The molecule has 28 heavy (non-hydrogen) atoms. The van der Waals surface area contributed by atoms with E-state index in [4.69, 9.17) is 21.1 Å². The first kappa shape index (κ1) is 20.0. The van der Waals surface area contributed by atoms with Crippen LogP contribution in [0.3, 0.4) is 0 Å². The first-order valence-corrected chi connectivity index (χ1v) is 10.4. The van der Waals surface area contributed by atoms with Crippen molar-refractivity contribution in [2.24, 2.45) is 5.10 Å². The largest absolute Gasteiger partial charge is 0.454 e. The summed E-state index contributed by atoms with van der Waals surface area (Å²) in [6, 6.07) is 10.1. The molecule has 0 unspecified atom stereocenters. The number of halogens is 1. The Labute approximate surface area is 167 Å². The molecule has 0 bridgehead atoms. The van der Waals surface area contributed by atoms with Crippen LogP contribution >= 0.6 is 11.6 Å². The number of carbonyl (C=O) groups excluding carboxylic acids is 1. The number of anilines is 1. The molecular formula is C18H18ClN3O5S. The average molecular weight is 424 g/mol. The highest BCUT2D eigenvalue weighted by Crippen LogP contribution is 2.32. The molecule has 0 spiro atoms. The van der Waals surface area contributed by atoms with Gasteiger partial charge in [0, 0.05) is 5.02 Å². The molecule has 1 amide bonds. The molecular weight excluding hydrogens is 406 g/mol. The first-order chi connectivity index (χ1) is 13.3. The standard InChI is InChI=1S/C18H18ClN3O5S/c1-12-14(19)4-3-5-15(12)22(28(2,24)25)10-18(23)21-20-9-13-6-7-16-17(8-13)27-11-26-16/h3-9H,10-11H2,1-2H3,(H,21,23)/b20-9-. The highest BCUT2D eigenvalue weighted by molar-refractivity contribution is 7.92. The number of nitrogens with one attached hydrogen (secondary N) is 1. The Morgan fingerprint density at radius 2 is 2.04 bits per heavy atom. The van der Waals surface area contributed by atoms with E-state index in [-0.39, 0.29) is 6.79 Å². The second-order valence-electron chi connectivity index (χ2n) is 6.06. The number of amides is 1. The van der Waals surface area contributed by atoms with Crippen LogP contribution in [0.25, 0.3) is 0 Å². The maximum atomic E-state index is 12.2. The molecule has 148 valence electrons. The number of rotatable bonds is 6. The lowest BCUT2D eigenvalue weighted by Crippen LogP contribution is -2.39. The van der Waals surface area contributed by atoms with Crippen molar-refractivity contribution in [3.8, 4) is 11.5 Å². The quantitative estimate of drug-likeness (QED) is 0.568. The molecule has 0 fully saturated rings. The Hall–Kier alpha value is -2.78. The Morgan fingerprint density at radius 3 is 2.79 bits per heavy atom. The predicted octanol–water partition coefficient (Wildman–Crippen LogP) is 2.29. The van der Waals surface area contributed by atoms with Crippen LogP contribution < -0.4 is 19.2 Å². The van der Waals surface area contributed by atoms with Crippen molar-refractivity contribution in [1.82, 2.24) is 5.43 Å². The van der Waals surface area contributed by atoms with Gasteiger partial charge in [0.05, 0.1) is 18.2 Å². The van der Waals surface area contributed by atoms with Gasteiger partial charge in [-0.2, -0.15) is 5.10 Å². The number of nitrogens with zero attached hydrogens (tertiary/aromatic N) is 2. The second kappa shape index (κ2) is 8.07. The maximum Gasteiger partial charge on any atom is 0.260 e. The fourth-order valence-electron chi connectivity index (χ4n) is 2.59. The van der Waals surface area contributed by atoms with E-state index in [1.807, 2.05) is 0 Å². The van der Waals surface area contributed by atoms with Gasteiger partial charge in [-0.15, -0.1) is 0 Å². The molecule has 1 aliphatic heterocycles. The molecule has 3 rings (SSSR count). The van der Waals surface area contributed by atoms with Crippen LogP contribution in [-0.2, 0) is 14.8 Å². The topological polar surface area (TPSA) is 97.3 Å². The van der Waals surface area contributed by atoms with Crippen LogP contribution in [0.15, 0.2) is 41.5 Å². The molecule has 0 aliphatic carbocycles. The van der Waals surface area contributed by atoms with Gasteiger partial charge in [-0.3, -0.25) is 9.10 Å². The number of sulfonamides is 1. The lowest BCUT2D eigenvalue weighted by molar-refractivity contribution is -0.119. The monoisotopic (exact) mass is 423 g/mol. The van der Waals surface area contributed by atoms with E-state index < -0.39 is 22.5 Å². The van der Waals surface area contributed by atoms with Gasteiger partial charge in [0.1, 0.15) is 6.54 Å². The molecule has 0 saturated carbocycles. The zero-order valence-electron chi connectivity index (χ0n) is 15.2. The molecule has 8 nitrogen and oxygen atoms in total. The Bertz CT molecular complexity index is 1040.